The van der Waals surface area contributed by atoms with Crippen LogP contribution >= 0.6 is 23.5 Å². The average molecular weight is 2250 g/mol. The van der Waals surface area contributed by atoms with Crippen LogP contribution in [0.1, 0.15) is 70.4 Å². The molecule has 6 atom stereocenters. The van der Waals surface area contributed by atoms with Crippen LogP contribution in [0.4, 0.5) is 0 Å². The molecule has 0 fully saturated rings. The molecule has 1 radical (unpaired) electrons. The SMILES string of the molecule is O=C(O)CN(CCN(CC(=O)O)CC(COP(=O)([O-])OCCC(c1ccccc1)c1ccccc1)N(CC(=O)O)CC(=O)O)CC(=O)O.O=C(O)CN(CCN(CC(=O)O)CC(COP(=O)([O-])OCCC(c1ccccc1)c1ccccc1)N(CC(=O)O)CC(=O)O)CC(=O)O.O=C(O)CN(CCN(CC(=O)O)CC(COP(=O)([O-])OCCC(c1ccccc1)c1ccccc1)N(CC(=O)O)CC(=O)O)CC(=O)O.[Gd+3]. The quantitative estimate of drug-likeness (QED) is 0.0239. The fourth-order valence-electron chi connectivity index (χ4n) is 14.8. The number of hydrogen-bond donors (Lipinski definition) is 15. The van der Waals surface area contributed by atoms with Gasteiger partial charge in [-0.3, -0.25) is 130 Å². The van der Waals surface area contributed by atoms with E-state index in [1.807, 2.05) is 182 Å². The monoisotopic (exact) mass is 2250 g/mol. The van der Waals surface area contributed by atoms with Crippen molar-refractivity contribution < 1.29 is 244 Å². The first-order valence-electron chi connectivity index (χ1n) is 43.9. The number of carboxylic acids is 15. The Hall–Kier alpha value is -11.3. The van der Waals surface area contributed by atoms with Crippen molar-refractivity contribution in [2.45, 2.75) is 55.1 Å². The molecule has 0 saturated heterocycles. The minimum atomic E-state index is -5.07. The van der Waals surface area contributed by atoms with Crippen LogP contribution in [0.2, 0.25) is 0 Å². The van der Waals surface area contributed by atoms with Gasteiger partial charge in [0.25, 0.3) is 23.5 Å². The van der Waals surface area contributed by atoms with Crippen LogP contribution in [0.5, 0.6) is 0 Å². The van der Waals surface area contributed by atoms with Gasteiger partial charge in [-0.15, -0.1) is 0 Å². The third-order valence-electron chi connectivity index (χ3n) is 20.9. The van der Waals surface area contributed by atoms with Crippen LogP contribution in [-0.2, 0) is 113 Å². The molecule has 6 unspecified atom stereocenters. The van der Waals surface area contributed by atoms with Crippen molar-refractivity contribution in [1.82, 2.24) is 44.1 Å². The van der Waals surface area contributed by atoms with Crippen LogP contribution in [0.3, 0.4) is 0 Å². The molecule has 55 heteroatoms. The van der Waals surface area contributed by atoms with Gasteiger partial charge in [-0.2, -0.15) is 0 Å². The van der Waals surface area contributed by atoms with Gasteiger partial charge in [0.2, 0.25) is 0 Å². The Labute approximate surface area is 863 Å². The van der Waals surface area contributed by atoms with Gasteiger partial charge in [0, 0.05) is 94.8 Å². The molecular weight excluding hydrogens is 2130 g/mol. The second-order valence-electron chi connectivity index (χ2n) is 32.1. The predicted octanol–water partition coefficient (Wildman–Crippen LogP) is 1.22. The summed E-state index contributed by atoms with van der Waals surface area (Å²) in [6, 6.07) is 51.9. The van der Waals surface area contributed by atoms with Crippen LogP contribution in [0, 0.1) is 39.9 Å². The molecule has 0 aliphatic heterocycles. The van der Waals surface area contributed by atoms with Crippen LogP contribution in [-0.4, -0.2) is 425 Å². The summed E-state index contributed by atoms with van der Waals surface area (Å²) in [4.78, 5) is 219. The van der Waals surface area contributed by atoms with E-state index >= 15 is 0 Å². The molecule has 0 aromatic heterocycles. The average Bonchev–Trinajstić information content (AvgIpc) is 0.845. The first-order chi connectivity index (χ1) is 67.9. The van der Waals surface area contributed by atoms with E-state index in [0.29, 0.717) is 0 Å². The number of phosphoric acid groups is 3. The number of hydrogen-bond acceptors (Lipinski definition) is 36. The maximum absolute atomic E-state index is 12.8. The second-order valence-corrected chi connectivity index (χ2v) is 36.4. The summed E-state index contributed by atoms with van der Waals surface area (Å²) in [6.45, 7) is -17.9. The Morgan fingerprint density at radius 1 is 0.221 bits per heavy atom. The first-order valence-corrected chi connectivity index (χ1v) is 48.3. The maximum atomic E-state index is 12.8. The number of carboxylic acid groups (broad SMARTS) is 15. The zero-order valence-corrected chi connectivity index (χ0v) is 83.0. The number of rotatable bonds is 75. The van der Waals surface area contributed by atoms with Gasteiger partial charge in [0.1, 0.15) is 0 Å². The third kappa shape index (κ3) is 57.4. The molecule has 0 heterocycles. The summed E-state index contributed by atoms with van der Waals surface area (Å²) in [6.07, 6.45) is 0.687. The molecule has 145 heavy (non-hydrogen) atoms. The molecule has 6 aromatic rings. The Balaban J connectivity index is 0.000000557. The van der Waals surface area contributed by atoms with Crippen LogP contribution < -0.4 is 14.7 Å². The summed E-state index contributed by atoms with van der Waals surface area (Å²) in [5.74, 6) is -21.6. The Kier molecular flexibility index (Phi) is 60.1. The molecule has 0 aliphatic carbocycles. The molecule has 51 nitrogen and oxygen atoms in total. The smallest absolute Gasteiger partial charge is 0.756 e. The summed E-state index contributed by atoms with van der Waals surface area (Å²) in [5, 5.41) is 139. The van der Waals surface area contributed by atoms with Gasteiger partial charge in [-0.1, -0.05) is 182 Å². The van der Waals surface area contributed by atoms with Gasteiger partial charge >= 0.3 is 129 Å². The molecule has 0 saturated carbocycles. The fraction of sp³-hybridized carbons (Fsp3) is 0.433. The van der Waals surface area contributed by atoms with Gasteiger partial charge in [-0.25, -0.2) is 0 Å². The summed E-state index contributed by atoms with van der Waals surface area (Å²) in [7, 11) is -15.2. The summed E-state index contributed by atoms with van der Waals surface area (Å²) in [5.41, 5.74) is 5.48. The first kappa shape index (κ1) is 128. The predicted molar refractivity (Wildman–Crippen MR) is 496 cm³/mol. The van der Waals surface area contributed by atoms with E-state index in [4.69, 9.17) is 57.8 Å². The van der Waals surface area contributed by atoms with Crippen LogP contribution in [0.25, 0.3) is 0 Å². The number of nitrogens with zero attached hydrogens (tertiary/aromatic N) is 9. The standard InChI is InChI=1S/3C30H40N3O14P.Gd/c3*34-26(35)16-31(12-13-32(17-27(36)37)18-28(38)39)15-24(33(19-29(40)41)20-30(42)43)21-47-48(44,45)46-14-11-25(22-7-3-1-4-8-22)23-9-5-2-6-10-23;/h3*1-10,24-25H,11-21H2,(H,34,35)(H,36,37)(H,38,39)(H,40,41)(H,42,43)(H,44,45);/q;;;+3/p-3. The Morgan fingerprint density at radius 2 is 0.359 bits per heavy atom. The van der Waals surface area contributed by atoms with Gasteiger partial charge < -0.3 is 118 Å². The maximum Gasteiger partial charge on any atom is 3.00 e. The number of aliphatic carboxylic acids is 15. The number of carbonyl (C=O) groups is 15. The van der Waals surface area contributed by atoms with Crippen molar-refractivity contribution in [3.8, 4) is 0 Å². The molecule has 0 amide bonds. The zero-order valence-electron chi connectivity index (χ0n) is 78.1. The van der Waals surface area contributed by atoms with Crippen molar-refractivity contribution in [3.05, 3.63) is 215 Å². The minimum absolute atomic E-state index is 0. The van der Waals surface area contributed by atoms with Gasteiger partial charge in [-0.05, 0) is 52.6 Å². The minimum Gasteiger partial charge on any atom is -0.756 e. The number of phosphoric ester groups is 3. The van der Waals surface area contributed by atoms with Crippen molar-refractivity contribution in [1.29, 1.82) is 0 Å². The molecular formula is C90H117GdN9O42P3. The van der Waals surface area contributed by atoms with Gasteiger partial charge in [0.15, 0.2) is 0 Å². The van der Waals surface area contributed by atoms with E-state index in [0.717, 1.165) is 77.5 Å². The Morgan fingerprint density at radius 3 is 0.503 bits per heavy atom. The number of benzene rings is 6. The molecule has 0 bridgehead atoms. The molecule has 15 N–H and O–H groups in total. The Bertz CT molecular complexity index is 4490. The van der Waals surface area contributed by atoms with E-state index in [-0.39, 0.29) is 136 Å². The normalized spacial score (nSPS) is 13.3. The molecule has 6 aromatic carbocycles. The van der Waals surface area contributed by atoms with Crippen molar-refractivity contribution in [3.63, 3.8) is 0 Å². The van der Waals surface area contributed by atoms with E-state index in [2.05, 4.69) is 0 Å². The zero-order chi connectivity index (χ0) is 107. The molecule has 0 spiro atoms. The largest absolute Gasteiger partial charge is 3.00 e. The molecule has 797 valence electrons. The molecule has 0 aliphatic rings. The second kappa shape index (κ2) is 68.2. The topological polar surface area (TPSA) is 764 Å². The van der Waals surface area contributed by atoms with E-state index < -0.39 is 269 Å². The third-order valence-corrected chi connectivity index (χ3v) is 23.8. The summed E-state index contributed by atoms with van der Waals surface area (Å²) < 4.78 is 69.1. The fourth-order valence-corrected chi connectivity index (χ4v) is 17.1. The van der Waals surface area contributed by atoms with Gasteiger partial charge in [0.05, 0.1) is 138 Å². The van der Waals surface area contributed by atoms with Crippen molar-refractivity contribution >= 4 is 113 Å². The van der Waals surface area contributed by atoms with E-state index in [1.54, 1.807) is 0 Å². The van der Waals surface area contributed by atoms with Crippen LogP contribution in [0.15, 0.2) is 182 Å². The van der Waals surface area contributed by atoms with Crippen molar-refractivity contribution in [2.24, 2.45) is 0 Å². The summed E-state index contributed by atoms with van der Waals surface area (Å²) >= 11 is 0. The van der Waals surface area contributed by atoms with E-state index in [1.165, 1.54) is 0 Å². The van der Waals surface area contributed by atoms with E-state index in [9.17, 15) is 146 Å². The van der Waals surface area contributed by atoms with Crippen molar-refractivity contribution in [2.75, 3.05) is 197 Å². The molecule has 6 rings (SSSR count).